The molecule has 6 rings (SSSR count). The Morgan fingerprint density at radius 2 is 1.61 bits per heavy atom. The zero-order valence-electron chi connectivity index (χ0n) is 20.7. The predicted octanol–water partition coefficient (Wildman–Crippen LogP) is 1.99. The van der Waals surface area contributed by atoms with Gasteiger partial charge >= 0.3 is 5.69 Å². The summed E-state index contributed by atoms with van der Waals surface area (Å²) in [7, 11) is 0. The molecule has 3 aromatic rings. The van der Waals surface area contributed by atoms with E-state index in [1.807, 2.05) is 28.0 Å². The molecule has 1 aromatic carbocycles. The van der Waals surface area contributed by atoms with Crippen molar-refractivity contribution in [2.24, 2.45) is 0 Å². The Kier molecular flexibility index (Phi) is 6.42. The minimum Gasteiger partial charge on any atom is -0.459 e. The van der Waals surface area contributed by atoms with E-state index in [1.165, 1.54) is 12.6 Å². The van der Waals surface area contributed by atoms with Crippen LogP contribution < -0.4 is 19.3 Å². The van der Waals surface area contributed by atoms with Crippen molar-refractivity contribution in [3.63, 3.8) is 0 Å². The van der Waals surface area contributed by atoms with Crippen LogP contribution in [0.2, 0.25) is 0 Å². The van der Waals surface area contributed by atoms with Gasteiger partial charge in [-0.1, -0.05) is 6.07 Å². The number of furan rings is 1. The van der Waals surface area contributed by atoms with Gasteiger partial charge in [0, 0.05) is 58.9 Å². The number of benzene rings is 1. The molecule has 5 heterocycles. The van der Waals surface area contributed by atoms with Crippen LogP contribution in [-0.4, -0.2) is 89.7 Å². The van der Waals surface area contributed by atoms with Crippen LogP contribution in [0.4, 0.5) is 17.3 Å². The number of ether oxygens (including phenoxy) is 2. The maximum Gasteiger partial charge on any atom is 0.353 e. The number of carbonyl (C=O) groups is 1. The van der Waals surface area contributed by atoms with Crippen LogP contribution in [-0.2, 0) is 6.54 Å². The highest BCUT2D eigenvalue weighted by Crippen LogP contribution is 2.36. The molecule has 3 aliphatic rings. The molecule has 38 heavy (non-hydrogen) atoms. The third kappa shape index (κ3) is 4.67. The molecule has 0 bridgehead atoms. The molecule has 0 atom stereocenters. The van der Waals surface area contributed by atoms with E-state index in [1.54, 1.807) is 17.0 Å². The molecule has 0 radical (unpaired) electrons. The molecule has 13 heteroatoms. The number of rotatable bonds is 6. The molecule has 2 fully saturated rings. The van der Waals surface area contributed by atoms with Crippen molar-refractivity contribution in [1.29, 1.82) is 0 Å². The van der Waals surface area contributed by atoms with Crippen LogP contribution in [0.25, 0.3) is 0 Å². The number of hydrogen-bond acceptors (Lipinski definition) is 11. The molecule has 13 nitrogen and oxygen atoms in total. The second-order valence-corrected chi connectivity index (χ2v) is 9.33. The highest BCUT2D eigenvalue weighted by atomic mass is 16.7. The molecule has 198 valence electrons. The maximum atomic E-state index is 12.6. The van der Waals surface area contributed by atoms with Gasteiger partial charge in [-0.3, -0.25) is 19.8 Å². The van der Waals surface area contributed by atoms with Gasteiger partial charge in [0.25, 0.3) is 5.91 Å². The fraction of sp³-hybridized carbons (Fsp3) is 0.400. The van der Waals surface area contributed by atoms with Crippen LogP contribution in [0.1, 0.15) is 16.1 Å². The van der Waals surface area contributed by atoms with Gasteiger partial charge in [-0.15, -0.1) is 0 Å². The molecule has 3 aliphatic heterocycles. The van der Waals surface area contributed by atoms with Crippen molar-refractivity contribution in [3.8, 4) is 11.5 Å². The van der Waals surface area contributed by atoms with Gasteiger partial charge in [0.05, 0.1) is 11.2 Å². The highest BCUT2D eigenvalue weighted by Gasteiger charge is 2.34. The van der Waals surface area contributed by atoms with Crippen LogP contribution in [0.3, 0.4) is 0 Å². The second kappa shape index (κ2) is 10.2. The summed E-state index contributed by atoms with van der Waals surface area (Å²) in [4.78, 5) is 40.8. The van der Waals surface area contributed by atoms with E-state index in [0.29, 0.717) is 45.1 Å². The monoisotopic (exact) mass is 521 g/mol. The molecule has 2 aromatic heterocycles. The van der Waals surface area contributed by atoms with Gasteiger partial charge in [0.15, 0.2) is 17.3 Å². The Balaban J connectivity index is 1.11. The van der Waals surface area contributed by atoms with Gasteiger partial charge in [0.2, 0.25) is 18.4 Å². The molecule has 0 spiro atoms. The average molecular weight is 522 g/mol. The zero-order chi connectivity index (χ0) is 26.1. The summed E-state index contributed by atoms with van der Waals surface area (Å²) in [6.07, 6.45) is 2.85. The smallest absolute Gasteiger partial charge is 0.353 e. The lowest BCUT2D eigenvalue weighted by atomic mass is 10.1. The first kappa shape index (κ1) is 24.0. The first-order valence-electron chi connectivity index (χ1n) is 12.5. The fourth-order valence-corrected chi connectivity index (χ4v) is 5.08. The van der Waals surface area contributed by atoms with Gasteiger partial charge < -0.3 is 28.6 Å². The van der Waals surface area contributed by atoms with E-state index in [9.17, 15) is 14.9 Å². The number of hydrogen-bond donors (Lipinski definition) is 0. The van der Waals surface area contributed by atoms with Crippen molar-refractivity contribution in [1.82, 2.24) is 19.8 Å². The number of nitrogens with zero attached hydrogens (tertiary/aromatic N) is 7. The predicted molar refractivity (Wildman–Crippen MR) is 136 cm³/mol. The van der Waals surface area contributed by atoms with Gasteiger partial charge in [0.1, 0.15) is 6.33 Å². The van der Waals surface area contributed by atoms with Crippen LogP contribution in [0.15, 0.2) is 47.3 Å². The number of carbonyl (C=O) groups excluding carboxylic acids is 1. The fourth-order valence-electron chi connectivity index (χ4n) is 5.08. The summed E-state index contributed by atoms with van der Waals surface area (Å²) < 4.78 is 16.1. The molecular formula is C25H27N7O6. The van der Waals surface area contributed by atoms with Crippen molar-refractivity contribution in [3.05, 3.63) is 64.4 Å². The maximum absolute atomic E-state index is 12.6. The first-order chi connectivity index (χ1) is 18.6. The molecule has 2 saturated heterocycles. The van der Waals surface area contributed by atoms with Gasteiger partial charge in [-0.25, -0.2) is 9.97 Å². The SMILES string of the molecule is O=C(c1ccco1)N1CCN(c2ncnc(N3CCN(Cc4ccc5c(c4)OCO5)CC3)c2[N+](=O)[O-])CC1. The number of anilines is 2. The Bertz CT molecular complexity index is 1320. The Morgan fingerprint density at radius 3 is 2.26 bits per heavy atom. The second-order valence-electron chi connectivity index (χ2n) is 9.33. The van der Waals surface area contributed by atoms with E-state index < -0.39 is 4.92 Å². The quantitative estimate of drug-likeness (QED) is 0.349. The van der Waals surface area contributed by atoms with Crippen molar-refractivity contribution in [2.45, 2.75) is 6.54 Å². The van der Waals surface area contributed by atoms with Crippen LogP contribution in [0, 0.1) is 10.1 Å². The standard InChI is InChI=1S/C25H27N7O6/c33-25(20-2-1-13-36-20)31-11-9-30(10-12-31)24-22(32(34)35)23(26-16-27-24)29-7-5-28(6-8-29)15-18-3-4-19-21(14-18)38-17-37-19/h1-4,13-14,16H,5-12,15,17H2. The first-order valence-corrected chi connectivity index (χ1v) is 12.5. The number of aromatic nitrogens is 2. The Hall–Kier alpha value is -4.39. The molecule has 0 N–H and O–H groups in total. The largest absolute Gasteiger partial charge is 0.459 e. The highest BCUT2D eigenvalue weighted by molar-refractivity contribution is 5.91. The number of nitro groups is 1. The zero-order valence-corrected chi connectivity index (χ0v) is 20.7. The van der Waals surface area contributed by atoms with E-state index in [-0.39, 0.29) is 30.0 Å². The molecule has 0 aliphatic carbocycles. The number of amides is 1. The van der Waals surface area contributed by atoms with Crippen molar-refractivity contribution in [2.75, 3.05) is 69.0 Å². The summed E-state index contributed by atoms with van der Waals surface area (Å²) in [6.45, 7) is 5.35. The third-order valence-corrected chi connectivity index (χ3v) is 7.08. The summed E-state index contributed by atoms with van der Waals surface area (Å²) in [6, 6.07) is 9.26. The number of fused-ring (bicyclic) bond motifs is 1. The lowest BCUT2D eigenvalue weighted by Gasteiger charge is -2.36. The van der Waals surface area contributed by atoms with Crippen molar-refractivity contribution >= 4 is 23.2 Å². The number of piperazine rings is 2. The van der Waals surface area contributed by atoms with Crippen molar-refractivity contribution < 1.29 is 23.6 Å². The Labute approximate surface area is 218 Å². The minimum absolute atomic E-state index is 0.0949. The lowest BCUT2D eigenvalue weighted by Crippen LogP contribution is -2.49. The summed E-state index contributed by atoms with van der Waals surface area (Å²) >= 11 is 0. The summed E-state index contributed by atoms with van der Waals surface area (Å²) in [5.74, 6) is 2.23. The molecule has 0 unspecified atom stereocenters. The normalized spacial score (nSPS) is 17.6. The lowest BCUT2D eigenvalue weighted by molar-refractivity contribution is -0.383. The van der Waals surface area contributed by atoms with Gasteiger partial charge in [-0.05, 0) is 29.8 Å². The summed E-state index contributed by atoms with van der Waals surface area (Å²) in [5, 5.41) is 12.2. The van der Waals surface area contributed by atoms with Crippen LogP contribution in [0.5, 0.6) is 11.5 Å². The van der Waals surface area contributed by atoms with E-state index >= 15 is 0 Å². The van der Waals surface area contributed by atoms with E-state index in [0.717, 1.165) is 36.7 Å². The van der Waals surface area contributed by atoms with Gasteiger partial charge in [-0.2, -0.15) is 0 Å². The third-order valence-electron chi connectivity index (χ3n) is 7.08. The molecule has 0 saturated carbocycles. The topological polar surface area (TPSA) is 131 Å². The minimum atomic E-state index is -0.399. The average Bonchev–Trinajstić information content (AvgIpc) is 3.65. The van der Waals surface area contributed by atoms with E-state index in [2.05, 4.69) is 14.9 Å². The Morgan fingerprint density at radius 1 is 0.921 bits per heavy atom. The van der Waals surface area contributed by atoms with E-state index in [4.69, 9.17) is 13.9 Å². The summed E-state index contributed by atoms with van der Waals surface area (Å²) in [5.41, 5.74) is 1.03. The molecule has 1 amide bonds. The van der Waals surface area contributed by atoms with Crippen LogP contribution >= 0.6 is 0 Å². The molecular weight excluding hydrogens is 494 g/mol.